The molecular formula is C14H15BrClF2N3O. The molecule has 1 aromatic rings. The quantitative estimate of drug-likeness (QED) is 0.773. The number of carbonyl (C=O) groups excluding carboxylic acids is 1. The number of anilines is 1. The van der Waals surface area contributed by atoms with E-state index in [-0.39, 0.29) is 37.8 Å². The molecule has 1 amide bonds. The van der Waals surface area contributed by atoms with Crippen LogP contribution in [0, 0.1) is 5.92 Å². The number of alkyl halides is 2. The van der Waals surface area contributed by atoms with Crippen molar-refractivity contribution >= 4 is 39.3 Å². The highest BCUT2D eigenvalue weighted by Gasteiger charge is 2.41. The number of pyridine rings is 1. The minimum absolute atomic E-state index is 0.0307. The van der Waals surface area contributed by atoms with Gasteiger partial charge in [-0.05, 0) is 22.0 Å². The number of aromatic nitrogens is 1. The number of hydrogen-bond donors (Lipinski definition) is 0. The van der Waals surface area contributed by atoms with Gasteiger partial charge in [0, 0.05) is 45.2 Å². The Hall–Kier alpha value is -0.950. The van der Waals surface area contributed by atoms with Crippen molar-refractivity contribution in [2.45, 2.75) is 18.8 Å². The maximum atomic E-state index is 13.1. The molecule has 3 rings (SSSR count). The Kier molecular flexibility index (Phi) is 4.29. The summed E-state index contributed by atoms with van der Waals surface area (Å²) < 4.78 is 27.0. The molecule has 22 heavy (non-hydrogen) atoms. The Labute approximate surface area is 140 Å². The number of carbonyl (C=O) groups is 1. The van der Waals surface area contributed by atoms with Crippen molar-refractivity contribution in [1.82, 2.24) is 9.88 Å². The molecule has 2 saturated heterocycles. The maximum absolute atomic E-state index is 13.1. The Morgan fingerprint density at radius 2 is 2.00 bits per heavy atom. The van der Waals surface area contributed by atoms with E-state index in [0.717, 1.165) is 10.3 Å². The number of hydrogen-bond acceptors (Lipinski definition) is 3. The average molecular weight is 395 g/mol. The zero-order valence-electron chi connectivity index (χ0n) is 11.7. The second-order valence-corrected chi connectivity index (χ2v) is 7.03. The van der Waals surface area contributed by atoms with Crippen LogP contribution in [0.3, 0.4) is 0 Å². The van der Waals surface area contributed by atoms with Gasteiger partial charge in [0.25, 0.3) is 5.92 Å². The largest absolute Gasteiger partial charge is 0.354 e. The van der Waals surface area contributed by atoms with Crippen LogP contribution in [0.1, 0.15) is 12.8 Å². The molecule has 8 heteroatoms. The van der Waals surface area contributed by atoms with Crippen LogP contribution in [0.15, 0.2) is 16.7 Å². The molecule has 2 aliphatic rings. The van der Waals surface area contributed by atoms with E-state index in [4.69, 9.17) is 11.6 Å². The standard InChI is InChI=1S/C14H15BrClF2N3O/c15-11-5-10(16)6-19-12(11)21-7-9(8-21)13(22)20-3-1-14(17,18)2-4-20/h5-6,9H,1-4,7-8H2. The second-order valence-electron chi connectivity index (χ2n) is 5.74. The van der Waals surface area contributed by atoms with Crippen molar-refractivity contribution in [3.63, 3.8) is 0 Å². The zero-order valence-corrected chi connectivity index (χ0v) is 14.1. The lowest BCUT2D eigenvalue weighted by Crippen LogP contribution is -2.56. The Morgan fingerprint density at radius 3 is 2.59 bits per heavy atom. The minimum Gasteiger partial charge on any atom is -0.354 e. The summed E-state index contributed by atoms with van der Waals surface area (Å²) in [6.45, 7) is 1.40. The van der Waals surface area contributed by atoms with Crippen LogP contribution in [0.5, 0.6) is 0 Å². The van der Waals surface area contributed by atoms with Gasteiger partial charge >= 0.3 is 0 Å². The van der Waals surface area contributed by atoms with E-state index in [9.17, 15) is 13.6 Å². The normalized spacial score (nSPS) is 21.6. The average Bonchev–Trinajstić information content (AvgIpc) is 2.39. The van der Waals surface area contributed by atoms with E-state index in [1.807, 2.05) is 4.90 Å². The molecule has 0 aliphatic carbocycles. The molecule has 0 spiro atoms. The molecule has 0 saturated carbocycles. The van der Waals surface area contributed by atoms with Gasteiger partial charge in [0.1, 0.15) is 5.82 Å². The first-order valence-electron chi connectivity index (χ1n) is 7.08. The third-order valence-electron chi connectivity index (χ3n) is 4.13. The molecule has 0 unspecified atom stereocenters. The molecule has 3 heterocycles. The molecule has 2 aliphatic heterocycles. The summed E-state index contributed by atoms with van der Waals surface area (Å²) in [6, 6.07) is 1.76. The Bertz CT molecular complexity index is 585. The van der Waals surface area contributed by atoms with Crippen molar-refractivity contribution in [3.8, 4) is 0 Å². The highest BCUT2D eigenvalue weighted by Crippen LogP contribution is 2.33. The molecule has 120 valence electrons. The summed E-state index contributed by atoms with van der Waals surface area (Å²) in [4.78, 5) is 20.1. The van der Waals surface area contributed by atoms with Crippen LogP contribution in [0.4, 0.5) is 14.6 Å². The van der Waals surface area contributed by atoms with Gasteiger partial charge in [-0.3, -0.25) is 4.79 Å². The third-order valence-corrected chi connectivity index (χ3v) is 4.92. The number of likely N-dealkylation sites (tertiary alicyclic amines) is 1. The summed E-state index contributed by atoms with van der Waals surface area (Å²) in [5.74, 6) is -2.05. The first-order valence-corrected chi connectivity index (χ1v) is 8.25. The van der Waals surface area contributed by atoms with Gasteiger partial charge in [-0.15, -0.1) is 0 Å². The Morgan fingerprint density at radius 1 is 1.36 bits per heavy atom. The molecule has 0 aromatic carbocycles. The molecular weight excluding hydrogens is 380 g/mol. The molecule has 4 nitrogen and oxygen atoms in total. The number of halogens is 4. The summed E-state index contributed by atoms with van der Waals surface area (Å²) in [7, 11) is 0. The zero-order chi connectivity index (χ0) is 15.9. The van der Waals surface area contributed by atoms with Gasteiger partial charge in [-0.1, -0.05) is 11.6 Å². The minimum atomic E-state index is -2.62. The smallest absolute Gasteiger partial charge is 0.251 e. The first-order chi connectivity index (χ1) is 10.4. The van der Waals surface area contributed by atoms with Crippen molar-refractivity contribution in [3.05, 3.63) is 21.8 Å². The summed E-state index contributed by atoms with van der Waals surface area (Å²) in [6.07, 6.45) is 1.09. The van der Waals surface area contributed by atoms with Gasteiger partial charge in [-0.25, -0.2) is 13.8 Å². The lowest BCUT2D eigenvalue weighted by Gasteiger charge is -2.43. The molecule has 2 fully saturated rings. The Balaban J connectivity index is 1.56. The van der Waals surface area contributed by atoms with E-state index >= 15 is 0 Å². The fourth-order valence-corrected chi connectivity index (χ4v) is 3.65. The SMILES string of the molecule is O=C(C1CN(c2ncc(Cl)cc2Br)C1)N1CCC(F)(F)CC1. The number of piperidine rings is 1. The maximum Gasteiger partial charge on any atom is 0.251 e. The van der Waals surface area contributed by atoms with Crippen LogP contribution in [-0.2, 0) is 4.79 Å². The van der Waals surface area contributed by atoms with Crippen molar-refractivity contribution in [2.24, 2.45) is 5.92 Å². The third kappa shape index (κ3) is 3.20. The van der Waals surface area contributed by atoms with E-state index in [2.05, 4.69) is 20.9 Å². The van der Waals surface area contributed by atoms with E-state index in [0.29, 0.717) is 18.1 Å². The monoisotopic (exact) mass is 393 g/mol. The van der Waals surface area contributed by atoms with Crippen LogP contribution in [0.25, 0.3) is 0 Å². The lowest BCUT2D eigenvalue weighted by molar-refractivity contribution is -0.142. The first kappa shape index (κ1) is 15.9. The van der Waals surface area contributed by atoms with E-state index in [1.165, 1.54) is 0 Å². The van der Waals surface area contributed by atoms with Crippen LogP contribution < -0.4 is 4.90 Å². The van der Waals surface area contributed by atoms with Crippen LogP contribution in [-0.4, -0.2) is 47.9 Å². The van der Waals surface area contributed by atoms with Crippen molar-refractivity contribution in [1.29, 1.82) is 0 Å². The summed E-state index contributed by atoms with van der Waals surface area (Å²) >= 11 is 9.25. The van der Waals surface area contributed by atoms with Crippen molar-refractivity contribution < 1.29 is 13.6 Å². The van der Waals surface area contributed by atoms with Crippen LogP contribution in [0.2, 0.25) is 5.02 Å². The highest BCUT2D eigenvalue weighted by molar-refractivity contribution is 9.10. The van der Waals surface area contributed by atoms with Crippen molar-refractivity contribution in [2.75, 3.05) is 31.1 Å². The van der Waals surface area contributed by atoms with E-state index < -0.39 is 5.92 Å². The van der Waals surface area contributed by atoms with Gasteiger partial charge in [0.15, 0.2) is 0 Å². The fraction of sp³-hybridized carbons (Fsp3) is 0.571. The summed E-state index contributed by atoms with van der Waals surface area (Å²) in [5, 5.41) is 0.540. The number of amides is 1. The van der Waals surface area contributed by atoms with Gasteiger partial charge in [0.2, 0.25) is 5.91 Å². The molecule has 0 atom stereocenters. The molecule has 0 N–H and O–H groups in total. The highest BCUT2D eigenvalue weighted by atomic mass is 79.9. The van der Waals surface area contributed by atoms with Gasteiger partial charge in [-0.2, -0.15) is 0 Å². The molecule has 0 bridgehead atoms. The van der Waals surface area contributed by atoms with Gasteiger partial charge in [0.05, 0.1) is 15.4 Å². The summed E-state index contributed by atoms with van der Waals surface area (Å²) in [5.41, 5.74) is 0. The molecule has 1 aromatic heterocycles. The number of rotatable bonds is 2. The number of nitrogens with zero attached hydrogens (tertiary/aromatic N) is 3. The van der Waals surface area contributed by atoms with Crippen LogP contribution >= 0.6 is 27.5 Å². The second kappa shape index (κ2) is 5.92. The predicted molar refractivity (Wildman–Crippen MR) is 83.4 cm³/mol. The predicted octanol–water partition coefficient (Wildman–Crippen LogP) is 3.19. The topological polar surface area (TPSA) is 36.4 Å². The van der Waals surface area contributed by atoms with Gasteiger partial charge < -0.3 is 9.80 Å². The molecule has 0 radical (unpaired) electrons. The lowest BCUT2D eigenvalue weighted by atomic mass is 9.96. The fourth-order valence-electron chi connectivity index (χ4n) is 2.76. The van der Waals surface area contributed by atoms with E-state index in [1.54, 1.807) is 17.2 Å².